The highest BCUT2D eigenvalue weighted by Gasteiger charge is 2.31. The number of hydrogen-bond acceptors (Lipinski definition) is 6. The Balaban J connectivity index is 1.50. The number of hydrogen-bond donors (Lipinski definition) is 1. The van der Waals surface area contributed by atoms with Crippen LogP contribution >= 0.6 is 0 Å². The average molecular weight is 585 g/mol. The van der Waals surface area contributed by atoms with Crippen LogP contribution < -0.4 is 10.3 Å². The van der Waals surface area contributed by atoms with Gasteiger partial charge in [0.1, 0.15) is 11.8 Å². The number of methoxy groups -OCH3 is 1. The van der Waals surface area contributed by atoms with Crippen LogP contribution in [0.5, 0.6) is 5.75 Å². The number of rotatable bonds is 11. The summed E-state index contributed by atoms with van der Waals surface area (Å²) in [4.78, 5) is 19.5. The Morgan fingerprint density at radius 2 is 1.50 bits per heavy atom. The number of aromatic nitrogens is 5. The third-order valence-electron chi connectivity index (χ3n) is 8.03. The van der Waals surface area contributed by atoms with E-state index in [1.165, 1.54) is 5.56 Å². The Kier molecular flexibility index (Phi) is 8.61. The molecule has 222 valence electrons. The maximum Gasteiger partial charge on any atom is 0.253 e. The Hall–Kier alpha value is -5.08. The zero-order chi connectivity index (χ0) is 30.5. The number of fused-ring (bicyclic) bond motifs is 1. The van der Waals surface area contributed by atoms with Crippen LogP contribution in [0.25, 0.3) is 10.9 Å². The average Bonchev–Trinajstić information content (AvgIpc) is 3.50. The van der Waals surface area contributed by atoms with E-state index in [1.807, 2.05) is 72.3 Å². The number of H-pyrrole nitrogens is 1. The number of aryl methyl sites for hydroxylation is 4. The lowest BCUT2D eigenvalue weighted by Crippen LogP contribution is -2.35. The topological polar surface area (TPSA) is 88.9 Å². The van der Waals surface area contributed by atoms with Gasteiger partial charge >= 0.3 is 0 Å². The van der Waals surface area contributed by atoms with E-state index in [-0.39, 0.29) is 5.56 Å². The molecule has 8 heteroatoms. The second-order valence-corrected chi connectivity index (χ2v) is 11.2. The minimum absolute atomic E-state index is 0.155. The summed E-state index contributed by atoms with van der Waals surface area (Å²) in [6.07, 6.45) is 0.759. The van der Waals surface area contributed by atoms with Crippen molar-refractivity contribution in [3.05, 3.63) is 153 Å². The molecular weight excluding hydrogens is 548 g/mol. The van der Waals surface area contributed by atoms with E-state index in [4.69, 9.17) is 4.74 Å². The van der Waals surface area contributed by atoms with Crippen molar-refractivity contribution in [2.75, 3.05) is 7.11 Å². The van der Waals surface area contributed by atoms with Crippen molar-refractivity contribution in [2.24, 2.45) is 0 Å². The molecule has 0 saturated carbocycles. The molecule has 2 heterocycles. The zero-order valence-electron chi connectivity index (χ0n) is 25.3. The summed E-state index contributed by atoms with van der Waals surface area (Å²) in [5.41, 5.74) is 6.87. The lowest BCUT2D eigenvalue weighted by molar-refractivity contribution is 0.193. The van der Waals surface area contributed by atoms with Gasteiger partial charge in [-0.25, -0.2) is 4.68 Å². The van der Waals surface area contributed by atoms with Gasteiger partial charge < -0.3 is 9.72 Å². The molecule has 2 aromatic heterocycles. The quantitative estimate of drug-likeness (QED) is 0.196. The van der Waals surface area contributed by atoms with E-state index in [9.17, 15) is 4.79 Å². The maximum absolute atomic E-state index is 14.0. The number of tetrazole rings is 1. The molecule has 0 fully saturated rings. The molecule has 4 aromatic carbocycles. The highest BCUT2D eigenvalue weighted by Crippen LogP contribution is 2.31. The molecule has 0 aliphatic heterocycles. The van der Waals surface area contributed by atoms with Gasteiger partial charge in [-0.05, 0) is 82.8 Å². The Bertz CT molecular complexity index is 1900. The van der Waals surface area contributed by atoms with Gasteiger partial charge in [0.15, 0.2) is 5.82 Å². The molecule has 1 atom stereocenters. The SMILES string of the molecule is COc1ccc(CN(Cc2ccccc2)[C@@H](c2cc3c(C)cc(C)cc3[nH]c2=O)c2nnnn2CCc2ccccc2)cc1. The lowest BCUT2D eigenvalue weighted by atomic mass is 9.99. The fraction of sp³-hybridized carbons (Fsp3) is 0.222. The first-order chi connectivity index (χ1) is 21.5. The maximum atomic E-state index is 14.0. The molecular formula is C36H36N6O2. The van der Waals surface area contributed by atoms with E-state index in [0.29, 0.717) is 31.0 Å². The predicted molar refractivity (Wildman–Crippen MR) is 173 cm³/mol. The fourth-order valence-corrected chi connectivity index (χ4v) is 5.86. The van der Waals surface area contributed by atoms with Crippen molar-refractivity contribution in [1.82, 2.24) is 30.1 Å². The van der Waals surface area contributed by atoms with Crippen molar-refractivity contribution in [2.45, 2.75) is 45.9 Å². The number of pyridine rings is 1. The standard InChI is InChI=1S/C36H36N6O2/c1-25-20-26(2)31-22-32(36(43)37-33(31)21-25)34(35-38-39-40-42(35)19-18-27-10-6-4-7-11-27)41(23-28-12-8-5-9-13-28)24-29-14-16-30(44-3)17-15-29/h4-17,20-22,34H,18-19,23-24H2,1-3H3,(H,37,43)/t34-/m0/s1. The Morgan fingerprint density at radius 1 is 0.841 bits per heavy atom. The molecule has 0 bridgehead atoms. The lowest BCUT2D eigenvalue weighted by Gasteiger charge is -2.31. The van der Waals surface area contributed by atoms with Gasteiger partial charge in [-0.1, -0.05) is 78.9 Å². The second kappa shape index (κ2) is 13.1. The summed E-state index contributed by atoms with van der Waals surface area (Å²) in [6.45, 7) is 5.83. The highest BCUT2D eigenvalue weighted by molar-refractivity contribution is 5.83. The highest BCUT2D eigenvalue weighted by atomic mass is 16.5. The monoisotopic (exact) mass is 584 g/mol. The third-order valence-corrected chi connectivity index (χ3v) is 8.03. The van der Waals surface area contributed by atoms with E-state index in [0.717, 1.165) is 45.3 Å². The van der Waals surface area contributed by atoms with Crippen LogP contribution in [0.4, 0.5) is 0 Å². The van der Waals surface area contributed by atoms with Crippen molar-refractivity contribution >= 4 is 10.9 Å². The summed E-state index contributed by atoms with van der Waals surface area (Å²) in [5.74, 6) is 1.42. The number of aromatic amines is 1. The normalized spacial score (nSPS) is 12.1. The molecule has 0 spiro atoms. The Labute approximate surface area is 256 Å². The van der Waals surface area contributed by atoms with Crippen LogP contribution in [0.2, 0.25) is 0 Å². The minimum atomic E-state index is -0.531. The van der Waals surface area contributed by atoms with Crippen molar-refractivity contribution in [3.63, 3.8) is 0 Å². The van der Waals surface area contributed by atoms with E-state index >= 15 is 0 Å². The molecule has 0 aliphatic rings. The van der Waals surface area contributed by atoms with E-state index in [1.54, 1.807) is 7.11 Å². The smallest absolute Gasteiger partial charge is 0.253 e. The number of ether oxygens (including phenoxy) is 1. The summed E-state index contributed by atoms with van der Waals surface area (Å²) in [5, 5.41) is 14.1. The summed E-state index contributed by atoms with van der Waals surface area (Å²) < 4.78 is 7.25. The molecule has 8 nitrogen and oxygen atoms in total. The largest absolute Gasteiger partial charge is 0.497 e. The van der Waals surface area contributed by atoms with Gasteiger partial charge in [0, 0.05) is 36.1 Å². The van der Waals surface area contributed by atoms with Gasteiger partial charge in [0.05, 0.1) is 7.11 Å². The van der Waals surface area contributed by atoms with E-state index < -0.39 is 6.04 Å². The van der Waals surface area contributed by atoms with Crippen LogP contribution in [0, 0.1) is 13.8 Å². The minimum Gasteiger partial charge on any atom is -0.497 e. The van der Waals surface area contributed by atoms with Gasteiger partial charge in [-0.3, -0.25) is 9.69 Å². The molecule has 0 saturated heterocycles. The van der Waals surface area contributed by atoms with Gasteiger partial charge in [-0.15, -0.1) is 5.10 Å². The molecule has 44 heavy (non-hydrogen) atoms. The first-order valence-electron chi connectivity index (χ1n) is 14.8. The van der Waals surface area contributed by atoms with Gasteiger partial charge in [0.25, 0.3) is 5.56 Å². The molecule has 1 N–H and O–H groups in total. The van der Waals surface area contributed by atoms with E-state index in [2.05, 4.69) is 74.8 Å². The summed E-state index contributed by atoms with van der Waals surface area (Å²) in [7, 11) is 1.66. The van der Waals surface area contributed by atoms with Crippen molar-refractivity contribution < 1.29 is 4.74 Å². The molecule has 0 aliphatic carbocycles. The third kappa shape index (κ3) is 6.45. The summed E-state index contributed by atoms with van der Waals surface area (Å²) in [6, 6.07) is 34.3. The molecule has 0 unspecified atom stereocenters. The number of benzene rings is 4. The van der Waals surface area contributed by atoms with Crippen LogP contribution in [0.15, 0.2) is 108 Å². The van der Waals surface area contributed by atoms with Gasteiger partial charge in [-0.2, -0.15) is 0 Å². The molecule has 6 rings (SSSR count). The van der Waals surface area contributed by atoms with Gasteiger partial charge in [0.2, 0.25) is 0 Å². The first-order valence-corrected chi connectivity index (χ1v) is 14.8. The predicted octanol–water partition coefficient (Wildman–Crippen LogP) is 6.17. The number of nitrogens with one attached hydrogen (secondary N) is 1. The molecule has 6 aromatic rings. The Morgan fingerprint density at radius 3 is 2.18 bits per heavy atom. The van der Waals surface area contributed by atoms with Crippen LogP contribution in [0.1, 0.15) is 45.2 Å². The van der Waals surface area contributed by atoms with Crippen LogP contribution in [-0.4, -0.2) is 37.2 Å². The summed E-state index contributed by atoms with van der Waals surface area (Å²) >= 11 is 0. The molecule has 0 amide bonds. The van der Waals surface area contributed by atoms with Crippen LogP contribution in [-0.2, 0) is 26.1 Å². The molecule has 0 radical (unpaired) electrons. The first kappa shape index (κ1) is 29.0. The fourth-order valence-electron chi connectivity index (χ4n) is 5.86. The van der Waals surface area contributed by atoms with Crippen LogP contribution in [0.3, 0.4) is 0 Å². The van der Waals surface area contributed by atoms with Crippen molar-refractivity contribution in [1.29, 1.82) is 0 Å². The zero-order valence-corrected chi connectivity index (χ0v) is 25.3. The number of nitrogens with zero attached hydrogens (tertiary/aromatic N) is 5. The second-order valence-electron chi connectivity index (χ2n) is 11.2. The van der Waals surface area contributed by atoms with Crippen molar-refractivity contribution in [3.8, 4) is 5.75 Å².